The first-order valence-corrected chi connectivity index (χ1v) is 4.48. The normalized spacial score (nSPS) is 9.92. The Morgan fingerprint density at radius 2 is 2.25 bits per heavy atom. The Morgan fingerprint density at radius 1 is 1.50 bits per heavy atom. The molecule has 0 heterocycles. The number of ether oxygens (including phenoxy) is 2. The Morgan fingerprint density at radius 3 is 2.83 bits per heavy atom. The number of methoxy groups -OCH3 is 1. The van der Waals surface area contributed by atoms with Crippen LogP contribution in [0, 0.1) is 0 Å². The Balaban J connectivity index is 2.69. The van der Waals surface area contributed by atoms with Gasteiger partial charge >= 0.3 is 0 Å². The zero-order valence-corrected chi connectivity index (χ0v) is 8.85. The monoisotopic (exact) mass is 250 g/mol. The predicted molar refractivity (Wildman–Crippen MR) is 51.7 cm³/mol. The van der Waals surface area contributed by atoms with Crippen molar-refractivity contribution in [3.8, 4) is 5.75 Å². The SMILES string of the molecule is COCOc1ccc(Br)c(Cl)c1. The average Bonchev–Trinajstić information content (AvgIpc) is 2.07. The highest BCUT2D eigenvalue weighted by molar-refractivity contribution is 9.10. The fourth-order valence-corrected chi connectivity index (χ4v) is 1.11. The van der Waals surface area contributed by atoms with E-state index in [1.165, 1.54) is 0 Å². The lowest BCUT2D eigenvalue weighted by atomic mass is 10.3. The van der Waals surface area contributed by atoms with Gasteiger partial charge in [0.05, 0.1) is 5.02 Å². The van der Waals surface area contributed by atoms with Crippen LogP contribution >= 0.6 is 27.5 Å². The molecule has 0 aliphatic carbocycles. The smallest absolute Gasteiger partial charge is 0.188 e. The van der Waals surface area contributed by atoms with Gasteiger partial charge in [-0.1, -0.05) is 11.6 Å². The van der Waals surface area contributed by atoms with Crippen molar-refractivity contribution in [3.63, 3.8) is 0 Å². The molecule has 0 saturated heterocycles. The van der Waals surface area contributed by atoms with Gasteiger partial charge in [-0.15, -0.1) is 0 Å². The Kier molecular flexibility index (Phi) is 3.85. The molecule has 0 unspecified atom stereocenters. The molecule has 0 aromatic heterocycles. The Bertz CT molecular complexity index is 265. The summed E-state index contributed by atoms with van der Waals surface area (Å²) in [5.41, 5.74) is 0. The number of hydrogen-bond donors (Lipinski definition) is 0. The molecule has 2 nitrogen and oxygen atoms in total. The van der Waals surface area contributed by atoms with Crippen molar-refractivity contribution in [2.24, 2.45) is 0 Å². The van der Waals surface area contributed by atoms with Crippen molar-refractivity contribution in [3.05, 3.63) is 27.7 Å². The van der Waals surface area contributed by atoms with Crippen LogP contribution in [0.25, 0.3) is 0 Å². The van der Waals surface area contributed by atoms with E-state index in [-0.39, 0.29) is 6.79 Å². The lowest BCUT2D eigenvalue weighted by molar-refractivity contribution is 0.0511. The van der Waals surface area contributed by atoms with Crippen LogP contribution in [0.15, 0.2) is 22.7 Å². The zero-order valence-electron chi connectivity index (χ0n) is 6.51. The van der Waals surface area contributed by atoms with Gasteiger partial charge in [-0.05, 0) is 28.1 Å². The van der Waals surface area contributed by atoms with E-state index in [1.54, 1.807) is 13.2 Å². The topological polar surface area (TPSA) is 18.5 Å². The molecule has 0 fully saturated rings. The van der Waals surface area contributed by atoms with Crippen LogP contribution in [0.5, 0.6) is 5.75 Å². The highest BCUT2D eigenvalue weighted by Crippen LogP contribution is 2.26. The summed E-state index contributed by atoms with van der Waals surface area (Å²) in [5.74, 6) is 0.699. The summed E-state index contributed by atoms with van der Waals surface area (Å²) in [4.78, 5) is 0. The van der Waals surface area contributed by atoms with Crippen LogP contribution in [0.1, 0.15) is 0 Å². The first-order chi connectivity index (χ1) is 5.74. The molecule has 0 N–H and O–H groups in total. The molecular formula is C8H8BrClO2. The van der Waals surface area contributed by atoms with Crippen LogP contribution in [-0.4, -0.2) is 13.9 Å². The Hall–Kier alpha value is -0.250. The molecule has 0 amide bonds. The van der Waals surface area contributed by atoms with Crippen molar-refractivity contribution in [1.82, 2.24) is 0 Å². The zero-order chi connectivity index (χ0) is 8.97. The molecule has 12 heavy (non-hydrogen) atoms. The van der Waals surface area contributed by atoms with Crippen LogP contribution < -0.4 is 4.74 Å². The van der Waals surface area contributed by atoms with E-state index in [4.69, 9.17) is 21.1 Å². The summed E-state index contributed by atoms with van der Waals surface area (Å²) in [6, 6.07) is 5.37. The van der Waals surface area contributed by atoms with Gasteiger partial charge in [0, 0.05) is 17.6 Å². The largest absolute Gasteiger partial charge is 0.468 e. The molecule has 0 spiro atoms. The minimum absolute atomic E-state index is 0.234. The molecule has 1 aromatic rings. The minimum Gasteiger partial charge on any atom is -0.468 e. The van der Waals surface area contributed by atoms with Gasteiger partial charge in [-0.25, -0.2) is 0 Å². The third-order valence-electron chi connectivity index (χ3n) is 1.23. The van der Waals surface area contributed by atoms with E-state index in [0.29, 0.717) is 10.8 Å². The number of hydrogen-bond acceptors (Lipinski definition) is 2. The van der Waals surface area contributed by atoms with Gasteiger partial charge < -0.3 is 9.47 Å². The third-order valence-corrected chi connectivity index (χ3v) is 2.47. The van der Waals surface area contributed by atoms with Crippen LogP contribution in [0.2, 0.25) is 5.02 Å². The standard InChI is InChI=1S/C8H8BrClO2/c1-11-5-12-6-2-3-7(9)8(10)4-6/h2-4H,5H2,1H3. The van der Waals surface area contributed by atoms with E-state index in [9.17, 15) is 0 Å². The predicted octanol–water partition coefficient (Wildman–Crippen LogP) is 3.09. The van der Waals surface area contributed by atoms with Crippen molar-refractivity contribution in [2.75, 3.05) is 13.9 Å². The highest BCUT2D eigenvalue weighted by Gasteiger charge is 1.98. The number of halogens is 2. The second-order valence-corrected chi connectivity index (χ2v) is 3.39. The van der Waals surface area contributed by atoms with E-state index in [1.807, 2.05) is 12.1 Å². The maximum Gasteiger partial charge on any atom is 0.188 e. The van der Waals surface area contributed by atoms with Crippen molar-refractivity contribution in [1.29, 1.82) is 0 Å². The molecule has 1 rings (SSSR count). The fraction of sp³-hybridized carbons (Fsp3) is 0.250. The average molecular weight is 252 g/mol. The fourth-order valence-electron chi connectivity index (χ4n) is 0.694. The second-order valence-electron chi connectivity index (χ2n) is 2.13. The molecular weight excluding hydrogens is 243 g/mol. The van der Waals surface area contributed by atoms with Gasteiger partial charge in [0.15, 0.2) is 6.79 Å². The Labute approximate surface area is 84.6 Å². The summed E-state index contributed by atoms with van der Waals surface area (Å²) in [6.45, 7) is 0.234. The van der Waals surface area contributed by atoms with E-state index in [0.717, 1.165) is 4.47 Å². The summed E-state index contributed by atoms with van der Waals surface area (Å²) >= 11 is 9.10. The molecule has 0 saturated carbocycles. The highest BCUT2D eigenvalue weighted by atomic mass is 79.9. The summed E-state index contributed by atoms with van der Waals surface area (Å²) in [6.07, 6.45) is 0. The molecule has 66 valence electrons. The van der Waals surface area contributed by atoms with Gasteiger partial charge in [0.2, 0.25) is 0 Å². The number of rotatable bonds is 3. The third kappa shape index (κ3) is 2.66. The molecule has 4 heteroatoms. The summed E-state index contributed by atoms with van der Waals surface area (Å²) < 4.78 is 10.8. The maximum absolute atomic E-state index is 5.83. The van der Waals surface area contributed by atoms with E-state index in [2.05, 4.69) is 15.9 Å². The molecule has 1 aromatic carbocycles. The van der Waals surface area contributed by atoms with Crippen LogP contribution in [0.4, 0.5) is 0 Å². The van der Waals surface area contributed by atoms with Crippen molar-refractivity contribution >= 4 is 27.5 Å². The van der Waals surface area contributed by atoms with Crippen LogP contribution in [0.3, 0.4) is 0 Å². The molecule has 0 radical (unpaired) electrons. The van der Waals surface area contributed by atoms with Gasteiger partial charge in [-0.3, -0.25) is 0 Å². The first kappa shape index (κ1) is 9.84. The summed E-state index contributed by atoms with van der Waals surface area (Å²) in [5, 5.41) is 0.628. The van der Waals surface area contributed by atoms with Crippen molar-refractivity contribution < 1.29 is 9.47 Å². The van der Waals surface area contributed by atoms with Gasteiger partial charge in [-0.2, -0.15) is 0 Å². The van der Waals surface area contributed by atoms with E-state index >= 15 is 0 Å². The van der Waals surface area contributed by atoms with Gasteiger partial charge in [0.25, 0.3) is 0 Å². The molecule has 0 atom stereocenters. The van der Waals surface area contributed by atoms with Crippen molar-refractivity contribution in [2.45, 2.75) is 0 Å². The minimum atomic E-state index is 0.234. The maximum atomic E-state index is 5.83. The second kappa shape index (κ2) is 4.70. The number of benzene rings is 1. The molecule has 0 aliphatic heterocycles. The quantitative estimate of drug-likeness (QED) is 0.769. The lowest BCUT2D eigenvalue weighted by Gasteiger charge is -2.04. The van der Waals surface area contributed by atoms with E-state index < -0.39 is 0 Å². The summed E-state index contributed by atoms with van der Waals surface area (Å²) in [7, 11) is 1.57. The lowest BCUT2D eigenvalue weighted by Crippen LogP contribution is -1.98. The molecule has 0 bridgehead atoms. The first-order valence-electron chi connectivity index (χ1n) is 3.31. The van der Waals surface area contributed by atoms with Crippen LogP contribution in [-0.2, 0) is 4.74 Å². The molecule has 0 aliphatic rings. The van der Waals surface area contributed by atoms with Gasteiger partial charge in [0.1, 0.15) is 5.75 Å².